The second-order valence-electron chi connectivity index (χ2n) is 3.27. The first kappa shape index (κ1) is 14.7. The first-order valence-electron chi connectivity index (χ1n) is 5.20. The Morgan fingerprint density at radius 2 is 2.11 bits per heavy atom. The van der Waals surface area contributed by atoms with Gasteiger partial charge in [-0.15, -0.1) is 0 Å². The average Bonchev–Trinajstić information content (AvgIpc) is 2.38. The summed E-state index contributed by atoms with van der Waals surface area (Å²) < 4.78 is 19.4. The number of carbonyl (C=O) groups is 2. The van der Waals surface area contributed by atoms with Gasteiger partial charge in [-0.25, -0.2) is 9.78 Å². The van der Waals surface area contributed by atoms with Crippen LogP contribution in [0.4, 0.5) is 0 Å². The molecule has 0 aliphatic heterocycles. The molecule has 1 amide bonds. The van der Waals surface area contributed by atoms with Gasteiger partial charge in [-0.3, -0.25) is 4.79 Å². The fourth-order valence-electron chi connectivity index (χ4n) is 1.22. The number of primary amides is 1. The van der Waals surface area contributed by atoms with Gasteiger partial charge >= 0.3 is 5.97 Å². The molecule has 0 saturated carbocycles. The van der Waals surface area contributed by atoms with Crippen LogP contribution in [-0.4, -0.2) is 44.5 Å². The fourth-order valence-corrected chi connectivity index (χ4v) is 1.22. The molecule has 8 heteroatoms. The van der Waals surface area contributed by atoms with Gasteiger partial charge < -0.3 is 24.7 Å². The van der Waals surface area contributed by atoms with Crippen LogP contribution in [0.2, 0.25) is 0 Å². The number of hydrogen-bond donors (Lipinski definition) is 1. The van der Waals surface area contributed by atoms with Gasteiger partial charge in [0.2, 0.25) is 6.79 Å². The highest BCUT2D eigenvalue weighted by atomic mass is 16.7. The molecule has 0 unspecified atom stereocenters. The molecule has 0 radical (unpaired) electrons. The van der Waals surface area contributed by atoms with E-state index in [4.69, 9.17) is 19.9 Å². The fraction of sp³-hybridized carbons (Fsp3) is 0.364. The lowest BCUT2D eigenvalue weighted by atomic mass is 10.3. The van der Waals surface area contributed by atoms with Crippen molar-refractivity contribution >= 4 is 11.9 Å². The summed E-state index contributed by atoms with van der Waals surface area (Å²) in [5.74, 6) is -1.11. The smallest absolute Gasteiger partial charge is 0.334 e. The monoisotopic (exact) mass is 270 g/mol. The second kappa shape index (κ2) is 7.17. The lowest BCUT2D eigenvalue weighted by molar-refractivity contribution is -0.154. The highest BCUT2D eigenvalue weighted by Crippen LogP contribution is 2.29. The van der Waals surface area contributed by atoms with E-state index in [2.05, 4.69) is 9.72 Å². The molecule has 19 heavy (non-hydrogen) atoms. The molecular formula is C11H14N2O6. The van der Waals surface area contributed by atoms with Crippen molar-refractivity contribution in [3.05, 3.63) is 18.0 Å². The number of methoxy groups -OCH3 is 2. The van der Waals surface area contributed by atoms with E-state index in [-0.39, 0.29) is 23.8 Å². The maximum atomic E-state index is 11.2. The number of hydrogen-bond acceptors (Lipinski definition) is 7. The van der Waals surface area contributed by atoms with Crippen LogP contribution in [0.3, 0.4) is 0 Å². The van der Waals surface area contributed by atoms with Crippen molar-refractivity contribution < 1.29 is 28.5 Å². The van der Waals surface area contributed by atoms with Crippen LogP contribution in [0.1, 0.15) is 10.5 Å². The third-order valence-corrected chi connectivity index (χ3v) is 2.01. The summed E-state index contributed by atoms with van der Waals surface area (Å²) in [7, 11) is 2.75. The van der Waals surface area contributed by atoms with Crippen molar-refractivity contribution in [3.63, 3.8) is 0 Å². The van der Waals surface area contributed by atoms with Crippen LogP contribution in [0.25, 0.3) is 0 Å². The van der Waals surface area contributed by atoms with E-state index in [1.807, 2.05) is 0 Å². The third-order valence-electron chi connectivity index (χ3n) is 2.01. The van der Waals surface area contributed by atoms with Crippen molar-refractivity contribution in [3.8, 4) is 11.5 Å². The SMILES string of the molecule is COCC(=O)OCOc1c(OC)ccnc1C(N)=O. The molecule has 8 nitrogen and oxygen atoms in total. The van der Waals surface area contributed by atoms with Crippen LogP contribution < -0.4 is 15.2 Å². The Kier molecular flexibility index (Phi) is 5.55. The van der Waals surface area contributed by atoms with Gasteiger partial charge in [-0.2, -0.15) is 0 Å². The molecule has 0 aliphatic rings. The third kappa shape index (κ3) is 4.11. The van der Waals surface area contributed by atoms with Crippen molar-refractivity contribution in [2.45, 2.75) is 0 Å². The molecule has 1 heterocycles. The number of carbonyl (C=O) groups excluding carboxylic acids is 2. The highest BCUT2D eigenvalue weighted by molar-refractivity contribution is 5.94. The van der Waals surface area contributed by atoms with E-state index >= 15 is 0 Å². The molecule has 0 aromatic carbocycles. The lowest BCUT2D eigenvalue weighted by Crippen LogP contribution is -2.18. The minimum Gasteiger partial charge on any atom is -0.493 e. The summed E-state index contributed by atoms with van der Waals surface area (Å²) in [6.45, 7) is -0.610. The number of nitrogens with zero attached hydrogens (tertiary/aromatic N) is 1. The summed E-state index contributed by atoms with van der Waals surface area (Å²) in [5, 5.41) is 0. The Morgan fingerprint density at radius 3 is 2.68 bits per heavy atom. The zero-order valence-corrected chi connectivity index (χ0v) is 10.5. The Bertz CT molecular complexity index is 462. The van der Waals surface area contributed by atoms with Gasteiger partial charge in [0.15, 0.2) is 17.2 Å². The number of ether oxygens (including phenoxy) is 4. The molecule has 2 N–H and O–H groups in total. The Hall–Kier alpha value is -2.35. The van der Waals surface area contributed by atoms with E-state index in [1.165, 1.54) is 26.5 Å². The number of pyridine rings is 1. The molecule has 0 saturated heterocycles. The molecule has 1 rings (SSSR count). The average molecular weight is 270 g/mol. The summed E-state index contributed by atoms with van der Waals surface area (Å²) >= 11 is 0. The number of aromatic nitrogens is 1. The van der Waals surface area contributed by atoms with Crippen LogP contribution >= 0.6 is 0 Å². The normalized spacial score (nSPS) is 9.79. The molecule has 104 valence electrons. The standard InChI is InChI=1S/C11H14N2O6/c1-16-5-8(14)18-6-19-10-7(17-2)3-4-13-9(10)11(12)15/h3-4H,5-6H2,1-2H3,(H2,12,15). The zero-order valence-electron chi connectivity index (χ0n) is 10.5. The van der Waals surface area contributed by atoms with Gasteiger partial charge in [0.1, 0.15) is 6.61 Å². The maximum Gasteiger partial charge on any atom is 0.334 e. The van der Waals surface area contributed by atoms with Gasteiger partial charge in [-0.05, 0) is 0 Å². The van der Waals surface area contributed by atoms with Crippen molar-refractivity contribution in [1.29, 1.82) is 0 Å². The molecule has 0 fully saturated rings. The van der Waals surface area contributed by atoms with Crippen LogP contribution in [0.15, 0.2) is 12.3 Å². The predicted molar refractivity (Wildman–Crippen MR) is 62.8 cm³/mol. The van der Waals surface area contributed by atoms with Gasteiger partial charge in [-0.1, -0.05) is 0 Å². The maximum absolute atomic E-state index is 11.2. The summed E-state index contributed by atoms with van der Waals surface area (Å²) in [6.07, 6.45) is 1.35. The van der Waals surface area contributed by atoms with E-state index in [9.17, 15) is 9.59 Å². The number of rotatable bonds is 7. The second-order valence-corrected chi connectivity index (χ2v) is 3.27. The first-order chi connectivity index (χ1) is 9.10. The summed E-state index contributed by atoms with van der Waals surface area (Å²) in [5.41, 5.74) is 5.04. The quantitative estimate of drug-likeness (QED) is 0.535. The Labute approximate surface area is 109 Å². The topological polar surface area (TPSA) is 110 Å². The summed E-state index contributed by atoms with van der Waals surface area (Å²) in [6, 6.07) is 1.48. The highest BCUT2D eigenvalue weighted by Gasteiger charge is 2.17. The molecule has 1 aromatic heterocycles. The minimum atomic E-state index is -0.780. The van der Waals surface area contributed by atoms with Crippen LogP contribution in [0.5, 0.6) is 11.5 Å². The summed E-state index contributed by atoms with van der Waals surface area (Å²) in [4.78, 5) is 26.0. The molecule has 1 aromatic rings. The zero-order chi connectivity index (χ0) is 14.3. The molecule has 0 atom stereocenters. The van der Waals surface area contributed by atoms with E-state index in [0.717, 1.165) is 0 Å². The number of amides is 1. The van der Waals surface area contributed by atoms with Crippen molar-refractivity contribution in [2.24, 2.45) is 5.73 Å². The van der Waals surface area contributed by atoms with E-state index in [1.54, 1.807) is 0 Å². The van der Waals surface area contributed by atoms with E-state index < -0.39 is 18.7 Å². The van der Waals surface area contributed by atoms with Crippen LogP contribution in [-0.2, 0) is 14.3 Å². The van der Waals surface area contributed by atoms with Crippen LogP contribution in [0, 0.1) is 0 Å². The van der Waals surface area contributed by atoms with Gasteiger partial charge in [0.25, 0.3) is 5.91 Å². The molecule has 0 aliphatic carbocycles. The molecular weight excluding hydrogens is 256 g/mol. The van der Waals surface area contributed by atoms with E-state index in [0.29, 0.717) is 0 Å². The minimum absolute atomic E-state index is 0.0164. The van der Waals surface area contributed by atoms with Crippen molar-refractivity contribution in [2.75, 3.05) is 27.6 Å². The molecule has 0 spiro atoms. The van der Waals surface area contributed by atoms with Crippen molar-refractivity contribution in [1.82, 2.24) is 4.98 Å². The van der Waals surface area contributed by atoms with Gasteiger partial charge in [0.05, 0.1) is 7.11 Å². The predicted octanol–water partition coefficient (Wildman–Crippen LogP) is -0.285. The molecule has 0 bridgehead atoms. The van der Waals surface area contributed by atoms with Gasteiger partial charge in [0, 0.05) is 19.4 Å². The Balaban J connectivity index is 2.75. The number of nitrogens with two attached hydrogens (primary N) is 1. The number of esters is 1. The Morgan fingerprint density at radius 1 is 1.37 bits per heavy atom. The first-order valence-corrected chi connectivity index (χ1v) is 5.20. The largest absolute Gasteiger partial charge is 0.493 e. The lowest BCUT2D eigenvalue weighted by Gasteiger charge is -2.12.